The van der Waals surface area contributed by atoms with Crippen molar-refractivity contribution >= 4 is 17.6 Å². The average Bonchev–Trinajstić information content (AvgIpc) is 2.36. The Balaban J connectivity index is 2.32. The second-order valence-electron chi connectivity index (χ2n) is 4.64. The third-order valence-corrected chi connectivity index (χ3v) is 2.43. The van der Waals surface area contributed by atoms with Crippen molar-refractivity contribution in [3.63, 3.8) is 0 Å². The van der Waals surface area contributed by atoms with Gasteiger partial charge in [0.15, 0.2) is 0 Å². The van der Waals surface area contributed by atoms with Crippen molar-refractivity contribution in [1.82, 2.24) is 15.6 Å². The zero-order valence-corrected chi connectivity index (χ0v) is 11.3. The monoisotopic (exact) mass is 264 g/mol. The summed E-state index contributed by atoms with van der Waals surface area (Å²) in [5.41, 5.74) is 5.91. The second kappa shape index (κ2) is 7.35. The normalized spacial score (nSPS) is 10.3. The fourth-order valence-electron chi connectivity index (χ4n) is 1.40. The van der Waals surface area contributed by atoms with Crippen LogP contribution in [-0.2, 0) is 4.79 Å². The lowest BCUT2D eigenvalue weighted by molar-refractivity contribution is -0.121. The van der Waals surface area contributed by atoms with E-state index in [1.807, 2.05) is 13.8 Å². The minimum Gasteiger partial charge on any atom is -0.383 e. The summed E-state index contributed by atoms with van der Waals surface area (Å²) in [4.78, 5) is 27.0. The van der Waals surface area contributed by atoms with Gasteiger partial charge in [-0.1, -0.05) is 13.8 Å². The molecule has 1 aromatic heterocycles. The number of nitrogens with two attached hydrogens (primary N) is 1. The number of amides is 2. The molecule has 19 heavy (non-hydrogen) atoms. The zero-order chi connectivity index (χ0) is 14.3. The molecule has 0 atom stereocenters. The van der Waals surface area contributed by atoms with Gasteiger partial charge in [0.05, 0.1) is 5.56 Å². The molecular weight excluding hydrogens is 244 g/mol. The van der Waals surface area contributed by atoms with Crippen molar-refractivity contribution in [2.75, 3.05) is 18.8 Å². The number of nitrogen functional groups attached to an aromatic ring is 1. The van der Waals surface area contributed by atoms with Gasteiger partial charge in [0.1, 0.15) is 5.82 Å². The summed E-state index contributed by atoms with van der Waals surface area (Å²) in [5.74, 6) is 0.202. The van der Waals surface area contributed by atoms with Crippen LogP contribution in [0.3, 0.4) is 0 Å². The molecule has 0 spiro atoms. The Kier molecular flexibility index (Phi) is 5.78. The van der Waals surface area contributed by atoms with Gasteiger partial charge in [-0.3, -0.25) is 9.59 Å². The van der Waals surface area contributed by atoms with Crippen LogP contribution in [0.25, 0.3) is 0 Å². The van der Waals surface area contributed by atoms with Gasteiger partial charge < -0.3 is 16.4 Å². The van der Waals surface area contributed by atoms with Crippen LogP contribution in [0.1, 0.15) is 30.6 Å². The molecular formula is C13H20N4O2. The molecule has 0 saturated carbocycles. The van der Waals surface area contributed by atoms with Crippen LogP contribution in [0.2, 0.25) is 0 Å². The topological polar surface area (TPSA) is 97.1 Å². The lowest BCUT2D eigenvalue weighted by Gasteiger charge is -2.09. The molecule has 1 heterocycles. The lowest BCUT2D eigenvalue weighted by Crippen LogP contribution is -2.32. The number of carbonyl (C=O) groups is 2. The fourth-order valence-corrected chi connectivity index (χ4v) is 1.40. The van der Waals surface area contributed by atoms with Crippen LogP contribution in [0.5, 0.6) is 0 Å². The van der Waals surface area contributed by atoms with Gasteiger partial charge >= 0.3 is 0 Å². The molecule has 0 aliphatic heterocycles. The second-order valence-corrected chi connectivity index (χ2v) is 4.64. The largest absolute Gasteiger partial charge is 0.383 e. The predicted molar refractivity (Wildman–Crippen MR) is 73.4 cm³/mol. The number of hydrogen-bond acceptors (Lipinski definition) is 4. The highest BCUT2D eigenvalue weighted by atomic mass is 16.2. The maximum absolute atomic E-state index is 11.8. The van der Waals surface area contributed by atoms with E-state index >= 15 is 0 Å². The molecule has 1 rings (SSSR count). The Hall–Kier alpha value is -2.11. The zero-order valence-electron chi connectivity index (χ0n) is 11.3. The minimum atomic E-state index is -0.317. The smallest absolute Gasteiger partial charge is 0.255 e. The summed E-state index contributed by atoms with van der Waals surface area (Å²) in [6.07, 6.45) is 1.77. The Morgan fingerprint density at radius 1 is 1.37 bits per heavy atom. The van der Waals surface area contributed by atoms with Crippen LogP contribution in [0.4, 0.5) is 5.82 Å². The number of nitrogens with zero attached hydrogens (tertiary/aromatic N) is 1. The first kappa shape index (κ1) is 14.9. The molecule has 104 valence electrons. The summed E-state index contributed by atoms with van der Waals surface area (Å²) >= 11 is 0. The summed E-state index contributed by atoms with van der Waals surface area (Å²) in [6.45, 7) is 4.96. The van der Waals surface area contributed by atoms with Crippen molar-refractivity contribution in [2.24, 2.45) is 5.92 Å². The van der Waals surface area contributed by atoms with E-state index in [2.05, 4.69) is 15.6 Å². The Bertz CT molecular complexity index is 446. The standard InChI is InChI=1S/C13H20N4O2/c1-9(2)8-17-11(18)5-7-16-13(19)10-4-3-6-15-12(10)14/h3-4,6,9H,5,7-8H2,1-2H3,(H2,14,15)(H,16,19)(H,17,18). The maximum Gasteiger partial charge on any atom is 0.255 e. The van der Waals surface area contributed by atoms with Crippen molar-refractivity contribution in [3.8, 4) is 0 Å². The van der Waals surface area contributed by atoms with Crippen molar-refractivity contribution in [1.29, 1.82) is 0 Å². The average molecular weight is 264 g/mol. The molecule has 0 fully saturated rings. The Labute approximate surface area is 112 Å². The molecule has 0 aliphatic carbocycles. The van der Waals surface area contributed by atoms with Gasteiger partial charge in [-0.2, -0.15) is 0 Å². The van der Waals surface area contributed by atoms with Crippen LogP contribution >= 0.6 is 0 Å². The number of anilines is 1. The Morgan fingerprint density at radius 2 is 2.11 bits per heavy atom. The van der Waals surface area contributed by atoms with Crippen molar-refractivity contribution in [3.05, 3.63) is 23.9 Å². The molecule has 0 unspecified atom stereocenters. The van der Waals surface area contributed by atoms with E-state index in [-0.39, 0.29) is 30.6 Å². The third-order valence-electron chi connectivity index (χ3n) is 2.43. The molecule has 4 N–H and O–H groups in total. The molecule has 6 nitrogen and oxygen atoms in total. The molecule has 2 amide bonds. The van der Waals surface area contributed by atoms with E-state index < -0.39 is 0 Å². The first-order valence-electron chi connectivity index (χ1n) is 6.26. The van der Waals surface area contributed by atoms with Gasteiger partial charge in [0.25, 0.3) is 5.91 Å². The van der Waals surface area contributed by atoms with Crippen LogP contribution in [-0.4, -0.2) is 29.9 Å². The van der Waals surface area contributed by atoms with Crippen LogP contribution < -0.4 is 16.4 Å². The molecule has 0 bridgehead atoms. The highest BCUT2D eigenvalue weighted by Gasteiger charge is 2.10. The fraction of sp³-hybridized carbons (Fsp3) is 0.462. The van der Waals surface area contributed by atoms with Crippen LogP contribution in [0, 0.1) is 5.92 Å². The van der Waals surface area contributed by atoms with E-state index in [4.69, 9.17) is 5.73 Å². The first-order chi connectivity index (χ1) is 9.00. The van der Waals surface area contributed by atoms with E-state index in [1.54, 1.807) is 12.1 Å². The van der Waals surface area contributed by atoms with Crippen molar-refractivity contribution in [2.45, 2.75) is 20.3 Å². The minimum absolute atomic E-state index is 0.0758. The molecule has 6 heteroatoms. The lowest BCUT2D eigenvalue weighted by atomic mass is 10.2. The number of hydrogen-bond donors (Lipinski definition) is 3. The number of aromatic nitrogens is 1. The van der Waals surface area contributed by atoms with Gasteiger partial charge in [-0.15, -0.1) is 0 Å². The van der Waals surface area contributed by atoms with E-state index in [0.29, 0.717) is 18.0 Å². The molecule has 0 aliphatic rings. The first-order valence-corrected chi connectivity index (χ1v) is 6.26. The van der Waals surface area contributed by atoms with Crippen molar-refractivity contribution < 1.29 is 9.59 Å². The highest BCUT2D eigenvalue weighted by molar-refractivity contribution is 5.98. The molecule has 0 saturated heterocycles. The number of carbonyl (C=O) groups excluding carboxylic acids is 2. The molecule has 0 radical (unpaired) electrons. The van der Waals surface area contributed by atoms with Crippen LogP contribution in [0.15, 0.2) is 18.3 Å². The summed E-state index contributed by atoms with van der Waals surface area (Å²) in [5, 5.41) is 5.42. The Morgan fingerprint density at radius 3 is 2.74 bits per heavy atom. The predicted octanol–water partition coefficient (Wildman–Crippen LogP) is 0.556. The summed E-state index contributed by atoms with van der Waals surface area (Å²) in [6, 6.07) is 3.23. The van der Waals surface area contributed by atoms with E-state index in [0.717, 1.165) is 0 Å². The number of nitrogens with one attached hydrogen (secondary N) is 2. The SMILES string of the molecule is CC(C)CNC(=O)CCNC(=O)c1cccnc1N. The maximum atomic E-state index is 11.8. The third kappa shape index (κ3) is 5.37. The summed E-state index contributed by atoms with van der Waals surface area (Å²) in [7, 11) is 0. The summed E-state index contributed by atoms with van der Waals surface area (Å²) < 4.78 is 0. The van der Waals surface area contributed by atoms with Gasteiger partial charge in [0, 0.05) is 25.7 Å². The molecule has 1 aromatic rings. The van der Waals surface area contributed by atoms with E-state index in [1.165, 1.54) is 6.20 Å². The quantitative estimate of drug-likeness (QED) is 0.699. The highest BCUT2D eigenvalue weighted by Crippen LogP contribution is 2.05. The van der Waals surface area contributed by atoms with Gasteiger partial charge in [-0.25, -0.2) is 4.98 Å². The van der Waals surface area contributed by atoms with E-state index in [9.17, 15) is 9.59 Å². The van der Waals surface area contributed by atoms with Gasteiger partial charge in [0.2, 0.25) is 5.91 Å². The number of rotatable bonds is 6. The molecule has 0 aromatic carbocycles. The van der Waals surface area contributed by atoms with Gasteiger partial charge in [-0.05, 0) is 18.1 Å². The number of pyridine rings is 1.